The normalized spacial score (nSPS) is 39.5. The number of hydrogen-bond donors (Lipinski definition) is 1. The van der Waals surface area contributed by atoms with E-state index in [4.69, 9.17) is 0 Å². The molecule has 1 unspecified atom stereocenters. The summed E-state index contributed by atoms with van der Waals surface area (Å²) in [5, 5.41) is 3.23. The smallest absolute Gasteiger partial charge is 0.223 e. The molecule has 3 aliphatic carbocycles. The molecule has 0 bridgehead atoms. The van der Waals surface area contributed by atoms with Crippen LogP contribution in [-0.2, 0) is 11.3 Å². The van der Waals surface area contributed by atoms with Crippen LogP contribution < -0.4 is 5.32 Å². The second kappa shape index (κ2) is 7.29. The van der Waals surface area contributed by atoms with Gasteiger partial charge in [-0.1, -0.05) is 26.0 Å². The molecule has 6 rings (SSSR count). The van der Waals surface area contributed by atoms with E-state index < -0.39 is 0 Å². The number of nitrogens with zero attached hydrogens (tertiary/aromatic N) is 3. The highest BCUT2D eigenvalue weighted by molar-refractivity contribution is 5.80. The Bertz CT molecular complexity index is 1040. The summed E-state index contributed by atoms with van der Waals surface area (Å²) in [5.41, 5.74) is 1.39. The summed E-state index contributed by atoms with van der Waals surface area (Å²) < 4.78 is 2.42. The lowest BCUT2D eigenvalue weighted by Crippen LogP contribution is -2.53. The first kappa shape index (κ1) is 20.2. The van der Waals surface area contributed by atoms with Gasteiger partial charge in [0.25, 0.3) is 0 Å². The Labute approximate surface area is 190 Å². The van der Waals surface area contributed by atoms with Gasteiger partial charge in [0.05, 0.1) is 0 Å². The van der Waals surface area contributed by atoms with Gasteiger partial charge in [-0.25, -0.2) is 4.98 Å². The third-order valence-corrected chi connectivity index (χ3v) is 9.86. The van der Waals surface area contributed by atoms with Crippen molar-refractivity contribution in [3.8, 4) is 0 Å². The Hall–Kier alpha value is -2.43. The standard InChI is InChI=1S/C27H34N4O/c1-26-11-9-21-19(5-8-23-27(21,2)12-10-24-29-14-15-31(23)24)20(26)6-7-22(26)25(32)30-17-18-4-3-13-28-16-18/h3-4,10,12-16,19-23H,5-9,11,17H2,1-2H3,(H,30,32)/t19-,20-,21-,22+,23?,26-,27+/m0/s1. The van der Waals surface area contributed by atoms with Crippen molar-refractivity contribution in [1.29, 1.82) is 0 Å². The summed E-state index contributed by atoms with van der Waals surface area (Å²) in [4.78, 5) is 22.0. The predicted octanol–water partition coefficient (Wildman–Crippen LogP) is 5.02. The zero-order valence-corrected chi connectivity index (χ0v) is 19.2. The van der Waals surface area contributed by atoms with E-state index in [0.29, 0.717) is 24.4 Å². The predicted molar refractivity (Wildman–Crippen MR) is 124 cm³/mol. The number of hydrogen-bond acceptors (Lipinski definition) is 3. The molecule has 0 saturated heterocycles. The van der Waals surface area contributed by atoms with Gasteiger partial charge in [-0.3, -0.25) is 9.78 Å². The molecule has 32 heavy (non-hydrogen) atoms. The average molecular weight is 431 g/mol. The molecule has 7 atom stereocenters. The summed E-state index contributed by atoms with van der Waals surface area (Å²) in [6.45, 7) is 5.49. The van der Waals surface area contributed by atoms with Crippen LogP contribution >= 0.6 is 0 Å². The quantitative estimate of drug-likeness (QED) is 0.744. The van der Waals surface area contributed by atoms with Crippen LogP contribution in [0.2, 0.25) is 0 Å². The van der Waals surface area contributed by atoms with Crippen molar-refractivity contribution in [3.05, 3.63) is 54.4 Å². The molecule has 4 aliphatic rings. The van der Waals surface area contributed by atoms with E-state index in [9.17, 15) is 4.79 Å². The fraction of sp³-hybridized carbons (Fsp3) is 0.593. The maximum absolute atomic E-state index is 13.3. The summed E-state index contributed by atoms with van der Waals surface area (Å²) in [6, 6.07) is 4.48. The van der Waals surface area contributed by atoms with E-state index in [1.807, 2.05) is 24.5 Å². The summed E-state index contributed by atoms with van der Waals surface area (Å²) in [5.74, 6) is 3.57. The van der Waals surface area contributed by atoms with Gasteiger partial charge in [-0.05, 0) is 79.4 Å². The number of allylic oxidation sites excluding steroid dienone is 1. The number of carbonyl (C=O) groups is 1. The van der Waals surface area contributed by atoms with Gasteiger partial charge >= 0.3 is 0 Å². The molecular formula is C27H34N4O. The van der Waals surface area contributed by atoms with Gasteiger partial charge in [-0.15, -0.1) is 0 Å². The van der Waals surface area contributed by atoms with E-state index in [1.165, 1.54) is 25.7 Å². The van der Waals surface area contributed by atoms with Crippen molar-refractivity contribution >= 4 is 12.0 Å². The Morgan fingerprint density at radius 2 is 2.06 bits per heavy atom. The number of nitrogens with one attached hydrogen (secondary N) is 1. The Balaban J connectivity index is 1.21. The Kier molecular flexibility index (Phi) is 4.60. The molecular weight excluding hydrogens is 396 g/mol. The molecule has 0 aromatic carbocycles. The number of fused-ring (bicyclic) bond motifs is 7. The summed E-state index contributed by atoms with van der Waals surface area (Å²) in [6.07, 6.45) is 19.6. The van der Waals surface area contributed by atoms with Crippen LogP contribution in [0.25, 0.3) is 6.08 Å². The molecule has 5 nitrogen and oxygen atoms in total. The van der Waals surface area contributed by atoms with Crippen LogP contribution in [0.5, 0.6) is 0 Å². The molecule has 2 aromatic heterocycles. The van der Waals surface area contributed by atoms with Crippen LogP contribution in [0.1, 0.15) is 69.8 Å². The highest BCUT2D eigenvalue weighted by Gasteiger charge is 2.60. The molecule has 0 spiro atoms. The van der Waals surface area contributed by atoms with Crippen molar-refractivity contribution in [2.24, 2.45) is 34.5 Å². The van der Waals surface area contributed by atoms with E-state index in [-0.39, 0.29) is 22.7 Å². The maximum Gasteiger partial charge on any atom is 0.223 e. The number of aromatic nitrogens is 3. The second-order valence-corrected chi connectivity index (χ2v) is 11.1. The van der Waals surface area contributed by atoms with Crippen molar-refractivity contribution in [3.63, 3.8) is 0 Å². The minimum atomic E-state index is 0.127. The van der Waals surface area contributed by atoms with E-state index in [1.54, 1.807) is 6.20 Å². The second-order valence-electron chi connectivity index (χ2n) is 11.1. The molecule has 2 aromatic rings. The van der Waals surface area contributed by atoms with Gasteiger partial charge in [0.15, 0.2) is 0 Å². The van der Waals surface area contributed by atoms with Gasteiger partial charge in [0.1, 0.15) is 5.82 Å². The van der Waals surface area contributed by atoms with Crippen LogP contribution in [0.15, 0.2) is 43.0 Å². The first-order valence-corrected chi connectivity index (χ1v) is 12.4. The fourth-order valence-electron chi connectivity index (χ4n) is 8.26. The number of amides is 1. The maximum atomic E-state index is 13.3. The van der Waals surface area contributed by atoms with Gasteiger partial charge in [0.2, 0.25) is 5.91 Å². The molecule has 1 N–H and O–H groups in total. The minimum absolute atomic E-state index is 0.127. The molecule has 1 aliphatic heterocycles. The van der Waals surface area contributed by atoms with Crippen molar-refractivity contribution < 1.29 is 4.79 Å². The number of rotatable bonds is 3. The van der Waals surface area contributed by atoms with Crippen molar-refractivity contribution in [1.82, 2.24) is 19.9 Å². The topological polar surface area (TPSA) is 59.8 Å². The molecule has 5 heteroatoms. The number of imidazole rings is 1. The molecule has 3 saturated carbocycles. The Morgan fingerprint density at radius 1 is 1.16 bits per heavy atom. The highest BCUT2D eigenvalue weighted by atomic mass is 16.1. The zero-order chi connectivity index (χ0) is 21.9. The average Bonchev–Trinajstić information content (AvgIpc) is 3.42. The third kappa shape index (κ3) is 2.85. The largest absolute Gasteiger partial charge is 0.352 e. The fourth-order valence-corrected chi connectivity index (χ4v) is 8.26. The molecule has 0 radical (unpaired) electrons. The van der Waals surface area contributed by atoms with Gasteiger partial charge in [-0.2, -0.15) is 0 Å². The van der Waals surface area contributed by atoms with E-state index in [0.717, 1.165) is 30.1 Å². The van der Waals surface area contributed by atoms with Crippen molar-refractivity contribution in [2.75, 3.05) is 0 Å². The van der Waals surface area contributed by atoms with Crippen LogP contribution in [0, 0.1) is 34.5 Å². The third-order valence-electron chi connectivity index (χ3n) is 9.86. The molecule has 168 valence electrons. The van der Waals surface area contributed by atoms with E-state index >= 15 is 0 Å². The lowest BCUT2D eigenvalue weighted by molar-refractivity contribution is -0.133. The van der Waals surface area contributed by atoms with E-state index in [2.05, 4.69) is 52.0 Å². The number of carbonyl (C=O) groups excluding carboxylic acids is 1. The lowest BCUT2D eigenvalue weighted by Gasteiger charge is -2.59. The number of pyridine rings is 1. The molecule has 3 fully saturated rings. The molecule has 1 amide bonds. The minimum Gasteiger partial charge on any atom is -0.352 e. The van der Waals surface area contributed by atoms with Crippen LogP contribution in [-0.4, -0.2) is 20.4 Å². The SMILES string of the molecule is C[C@]12CC[C@H]3[C@@H](CCC4n5ccnc5C=C[C@@]43C)[C@@H]1CC[C@@H]2C(=O)NCc1cccnc1. The highest BCUT2D eigenvalue weighted by Crippen LogP contribution is 2.67. The summed E-state index contributed by atoms with van der Waals surface area (Å²) >= 11 is 0. The zero-order valence-electron chi connectivity index (χ0n) is 19.2. The summed E-state index contributed by atoms with van der Waals surface area (Å²) in [7, 11) is 0. The van der Waals surface area contributed by atoms with Crippen molar-refractivity contribution in [2.45, 2.75) is 65.0 Å². The van der Waals surface area contributed by atoms with Gasteiger partial charge in [0, 0.05) is 48.7 Å². The van der Waals surface area contributed by atoms with Gasteiger partial charge < -0.3 is 9.88 Å². The first-order valence-electron chi connectivity index (χ1n) is 12.4. The monoisotopic (exact) mass is 430 g/mol. The van der Waals surface area contributed by atoms with Crippen LogP contribution in [0.3, 0.4) is 0 Å². The Morgan fingerprint density at radius 3 is 2.91 bits per heavy atom. The molecule has 3 heterocycles. The lowest BCUT2D eigenvalue weighted by atomic mass is 9.48. The van der Waals surface area contributed by atoms with Crippen LogP contribution in [0.4, 0.5) is 0 Å². The first-order chi connectivity index (χ1) is 15.5.